The van der Waals surface area contributed by atoms with Gasteiger partial charge in [0.2, 0.25) is 0 Å². The molecule has 0 saturated carbocycles. The molecule has 0 aliphatic rings. The molecule has 0 saturated heterocycles. The summed E-state index contributed by atoms with van der Waals surface area (Å²) in [6, 6.07) is 13.4. The van der Waals surface area contributed by atoms with E-state index in [2.05, 4.69) is 0 Å². The molecule has 0 fully saturated rings. The predicted octanol–water partition coefficient (Wildman–Crippen LogP) is -3.03. The second-order valence-electron chi connectivity index (χ2n) is 4.12. The topological polar surface area (TPSA) is 115 Å². The summed E-state index contributed by atoms with van der Waals surface area (Å²) in [4.78, 5) is 23.1. The van der Waals surface area contributed by atoms with Crippen molar-refractivity contribution in [2.45, 2.75) is 6.42 Å². The van der Waals surface area contributed by atoms with Gasteiger partial charge in [-0.25, -0.2) is 0 Å². The Hall–Kier alpha value is -1.66. The summed E-state index contributed by atoms with van der Waals surface area (Å²) in [6.45, 7) is 0. The number of nitrogens with two attached hydrogens (primary N) is 1. The molecule has 6 heteroatoms. The number of aliphatic carboxylic acids is 1. The van der Waals surface area contributed by atoms with Gasteiger partial charge in [0.15, 0.2) is 5.78 Å². The summed E-state index contributed by atoms with van der Waals surface area (Å²) in [6.07, 6.45) is -0.374. The zero-order valence-corrected chi connectivity index (χ0v) is 13.6. The maximum absolute atomic E-state index is 12.3. The van der Waals surface area contributed by atoms with Crippen molar-refractivity contribution in [3.63, 3.8) is 0 Å². The van der Waals surface area contributed by atoms with E-state index in [1.807, 2.05) is 0 Å². The molecule has 21 heavy (non-hydrogen) atoms. The number of carbonyl (C=O) groups is 2. The molecule has 0 aliphatic heterocycles. The van der Waals surface area contributed by atoms with E-state index < -0.39 is 5.97 Å². The van der Waals surface area contributed by atoms with Crippen LogP contribution in [0.4, 0.5) is 5.69 Å². The molecule has 104 valence electrons. The largest absolute Gasteiger partial charge is 1.00 e. The SMILES string of the molecule is Nc1cccc(C(=O)c2ccccc2)c1CC(=O)[O-].O.[Na+]. The molecule has 0 bridgehead atoms. The van der Waals surface area contributed by atoms with Crippen molar-refractivity contribution in [1.82, 2.24) is 0 Å². The van der Waals surface area contributed by atoms with Crippen LogP contribution in [0.3, 0.4) is 0 Å². The number of benzene rings is 2. The molecule has 0 aliphatic carbocycles. The van der Waals surface area contributed by atoms with E-state index in [0.717, 1.165) is 0 Å². The molecular weight excluding hydrogens is 281 g/mol. The zero-order chi connectivity index (χ0) is 13.8. The van der Waals surface area contributed by atoms with Gasteiger partial charge in [-0.1, -0.05) is 42.5 Å². The molecule has 2 aromatic carbocycles. The molecule has 4 N–H and O–H groups in total. The Morgan fingerprint density at radius 2 is 1.62 bits per heavy atom. The van der Waals surface area contributed by atoms with Gasteiger partial charge in [0.25, 0.3) is 0 Å². The van der Waals surface area contributed by atoms with E-state index in [-0.39, 0.29) is 52.9 Å². The van der Waals surface area contributed by atoms with Crippen LogP contribution in [0.5, 0.6) is 0 Å². The molecule has 0 aromatic heterocycles. The van der Waals surface area contributed by atoms with Crippen molar-refractivity contribution in [3.05, 3.63) is 65.2 Å². The number of carboxylic acid groups (broad SMARTS) is 1. The standard InChI is InChI=1S/C15H13NO3.Na.H2O/c16-13-8-4-7-11(12(13)9-14(17)18)15(19)10-5-2-1-3-6-10;;/h1-8H,9,16H2,(H,17,18);;1H2/q;+1;/p-1. The van der Waals surface area contributed by atoms with Crippen molar-refractivity contribution in [2.24, 2.45) is 0 Å². The van der Waals surface area contributed by atoms with E-state index in [1.54, 1.807) is 48.5 Å². The predicted molar refractivity (Wildman–Crippen MR) is 73.1 cm³/mol. The smallest absolute Gasteiger partial charge is 0.550 e. The average molecular weight is 295 g/mol. The summed E-state index contributed by atoms with van der Waals surface area (Å²) in [5.41, 5.74) is 7.12. The first-order valence-corrected chi connectivity index (χ1v) is 5.76. The Labute approximate surface area is 144 Å². The van der Waals surface area contributed by atoms with Crippen LogP contribution in [0.15, 0.2) is 48.5 Å². The van der Waals surface area contributed by atoms with Crippen molar-refractivity contribution < 1.29 is 49.7 Å². The van der Waals surface area contributed by atoms with E-state index in [0.29, 0.717) is 16.7 Å². The summed E-state index contributed by atoms with van der Waals surface area (Å²) < 4.78 is 0. The molecule has 0 atom stereocenters. The quantitative estimate of drug-likeness (QED) is 0.367. The van der Waals surface area contributed by atoms with Crippen LogP contribution >= 0.6 is 0 Å². The van der Waals surface area contributed by atoms with Gasteiger partial charge in [0.05, 0.1) is 0 Å². The third-order valence-corrected chi connectivity index (χ3v) is 2.81. The number of rotatable bonds is 4. The maximum Gasteiger partial charge on any atom is 1.00 e. The van der Waals surface area contributed by atoms with Gasteiger partial charge in [0.1, 0.15) is 0 Å². The van der Waals surface area contributed by atoms with Crippen molar-refractivity contribution in [1.29, 1.82) is 0 Å². The minimum absolute atomic E-state index is 0. The fourth-order valence-corrected chi connectivity index (χ4v) is 1.90. The molecule has 2 rings (SSSR count). The zero-order valence-electron chi connectivity index (χ0n) is 11.6. The molecule has 2 aromatic rings. The molecule has 0 heterocycles. The van der Waals surface area contributed by atoms with E-state index in [1.165, 1.54) is 0 Å². The molecule has 0 amide bonds. The number of hydrogen-bond acceptors (Lipinski definition) is 4. The summed E-state index contributed by atoms with van der Waals surface area (Å²) in [5.74, 6) is -1.51. The van der Waals surface area contributed by atoms with Crippen molar-refractivity contribution in [2.75, 3.05) is 5.73 Å². The van der Waals surface area contributed by atoms with Crippen LogP contribution in [-0.4, -0.2) is 17.2 Å². The Balaban J connectivity index is 0.00000200. The van der Waals surface area contributed by atoms with E-state index in [9.17, 15) is 14.7 Å². The molecule has 5 nitrogen and oxygen atoms in total. The second-order valence-corrected chi connectivity index (χ2v) is 4.12. The number of nitrogen functional groups attached to an aromatic ring is 1. The minimum Gasteiger partial charge on any atom is -0.550 e. The third-order valence-electron chi connectivity index (χ3n) is 2.81. The number of anilines is 1. The Morgan fingerprint density at radius 3 is 2.19 bits per heavy atom. The van der Waals surface area contributed by atoms with Crippen molar-refractivity contribution in [3.8, 4) is 0 Å². The van der Waals surface area contributed by atoms with Gasteiger partial charge in [-0.15, -0.1) is 0 Å². The number of hydrogen-bond donors (Lipinski definition) is 1. The number of carbonyl (C=O) groups excluding carboxylic acids is 2. The summed E-state index contributed by atoms with van der Waals surface area (Å²) in [7, 11) is 0. The molecular formula is C15H14NNaO4. The number of ketones is 1. The van der Waals surface area contributed by atoms with Gasteiger partial charge in [-0.3, -0.25) is 4.79 Å². The van der Waals surface area contributed by atoms with Gasteiger partial charge >= 0.3 is 29.6 Å². The van der Waals surface area contributed by atoms with Gasteiger partial charge in [0, 0.05) is 29.2 Å². The molecule has 0 spiro atoms. The van der Waals surface area contributed by atoms with Crippen LogP contribution in [0.1, 0.15) is 21.5 Å². The monoisotopic (exact) mass is 295 g/mol. The average Bonchev–Trinajstić information content (AvgIpc) is 2.41. The first kappa shape index (κ1) is 19.3. The fraction of sp³-hybridized carbons (Fsp3) is 0.0667. The number of carboxylic acids is 1. The maximum atomic E-state index is 12.3. The Kier molecular flexibility index (Phi) is 7.91. The minimum atomic E-state index is -1.26. The fourth-order valence-electron chi connectivity index (χ4n) is 1.90. The third kappa shape index (κ3) is 4.68. The molecule has 0 unspecified atom stereocenters. The first-order chi connectivity index (χ1) is 9.09. The van der Waals surface area contributed by atoms with Crippen LogP contribution < -0.4 is 40.4 Å². The Morgan fingerprint density at radius 1 is 1.00 bits per heavy atom. The van der Waals surface area contributed by atoms with E-state index >= 15 is 0 Å². The van der Waals surface area contributed by atoms with E-state index in [4.69, 9.17) is 5.73 Å². The van der Waals surface area contributed by atoms with Crippen LogP contribution in [0, 0.1) is 0 Å². The van der Waals surface area contributed by atoms with Crippen LogP contribution in [0.2, 0.25) is 0 Å². The Bertz CT molecular complexity index is 629. The summed E-state index contributed by atoms with van der Waals surface area (Å²) >= 11 is 0. The van der Waals surface area contributed by atoms with Gasteiger partial charge < -0.3 is 21.1 Å². The van der Waals surface area contributed by atoms with Gasteiger partial charge in [-0.2, -0.15) is 0 Å². The second kappa shape index (κ2) is 8.59. The first-order valence-electron chi connectivity index (χ1n) is 5.76. The summed E-state index contributed by atoms with van der Waals surface area (Å²) in [5, 5.41) is 10.8. The van der Waals surface area contributed by atoms with Crippen LogP contribution in [0.25, 0.3) is 0 Å². The normalized spacial score (nSPS) is 9.14. The van der Waals surface area contributed by atoms with Crippen molar-refractivity contribution >= 4 is 17.4 Å². The molecule has 0 radical (unpaired) electrons. The van der Waals surface area contributed by atoms with Crippen LogP contribution in [-0.2, 0) is 11.2 Å². The van der Waals surface area contributed by atoms with Gasteiger partial charge in [-0.05, 0) is 11.6 Å².